The summed E-state index contributed by atoms with van der Waals surface area (Å²) in [6, 6.07) is 3.58. The molecule has 0 aromatic heterocycles. The number of hydrogen-bond donors (Lipinski definition) is 0. The van der Waals surface area contributed by atoms with Crippen LogP contribution < -0.4 is 9.47 Å². The minimum absolute atomic E-state index is 0.0739. The molecule has 0 aliphatic heterocycles. The molecular formula is C13H15F3O4. The van der Waals surface area contributed by atoms with Crippen LogP contribution in [-0.4, -0.2) is 25.5 Å². The van der Waals surface area contributed by atoms with E-state index in [0.29, 0.717) is 5.56 Å². The van der Waals surface area contributed by atoms with E-state index in [1.165, 1.54) is 6.07 Å². The second kappa shape index (κ2) is 7.02. The van der Waals surface area contributed by atoms with Gasteiger partial charge in [-0.3, -0.25) is 4.79 Å². The number of halogens is 3. The molecule has 0 unspecified atom stereocenters. The van der Waals surface area contributed by atoms with Crippen molar-refractivity contribution in [2.45, 2.75) is 26.6 Å². The number of rotatable bonds is 6. The van der Waals surface area contributed by atoms with Crippen molar-refractivity contribution in [2.75, 3.05) is 13.2 Å². The molecule has 112 valence electrons. The highest BCUT2D eigenvalue weighted by Crippen LogP contribution is 2.29. The van der Waals surface area contributed by atoms with E-state index in [0.717, 1.165) is 12.1 Å². The van der Waals surface area contributed by atoms with Crippen molar-refractivity contribution in [1.29, 1.82) is 0 Å². The highest BCUT2D eigenvalue weighted by Gasteiger charge is 2.31. The average molecular weight is 292 g/mol. The van der Waals surface area contributed by atoms with Crippen molar-refractivity contribution in [1.82, 2.24) is 0 Å². The molecule has 0 radical (unpaired) electrons. The Hall–Kier alpha value is -1.92. The van der Waals surface area contributed by atoms with Gasteiger partial charge < -0.3 is 14.2 Å². The summed E-state index contributed by atoms with van der Waals surface area (Å²) in [5.41, 5.74) is 0.444. The molecule has 0 N–H and O–H groups in total. The second-order valence-corrected chi connectivity index (χ2v) is 3.73. The molecule has 0 spiro atoms. The minimum Gasteiger partial charge on any atom is -0.493 e. The minimum atomic E-state index is -4.77. The smallest absolute Gasteiger partial charge is 0.493 e. The Bertz CT molecular complexity index is 457. The first-order valence-electron chi connectivity index (χ1n) is 6.02. The predicted octanol–water partition coefficient (Wildman–Crippen LogP) is 3.09. The van der Waals surface area contributed by atoms with Crippen LogP contribution in [0, 0.1) is 0 Å². The number of alkyl halides is 3. The van der Waals surface area contributed by atoms with Crippen molar-refractivity contribution in [3.05, 3.63) is 23.8 Å². The molecule has 0 aliphatic rings. The third kappa shape index (κ3) is 5.38. The maximum Gasteiger partial charge on any atom is 0.573 e. The summed E-state index contributed by atoms with van der Waals surface area (Å²) in [5, 5.41) is 0. The van der Waals surface area contributed by atoms with Gasteiger partial charge in [-0.15, -0.1) is 13.2 Å². The number of hydrogen-bond acceptors (Lipinski definition) is 4. The fraction of sp³-hybridized carbons (Fsp3) is 0.462. The maximum absolute atomic E-state index is 12.1. The van der Waals surface area contributed by atoms with E-state index in [9.17, 15) is 18.0 Å². The topological polar surface area (TPSA) is 44.8 Å². The van der Waals surface area contributed by atoms with Crippen LogP contribution in [0.4, 0.5) is 13.2 Å². The molecule has 0 bridgehead atoms. The van der Waals surface area contributed by atoms with Gasteiger partial charge in [0.1, 0.15) is 11.5 Å². The quantitative estimate of drug-likeness (QED) is 0.756. The van der Waals surface area contributed by atoms with Crippen LogP contribution in [0.1, 0.15) is 19.4 Å². The van der Waals surface area contributed by atoms with Gasteiger partial charge >= 0.3 is 12.3 Å². The van der Waals surface area contributed by atoms with E-state index in [2.05, 4.69) is 4.74 Å². The number of ether oxygens (including phenoxy) is 3. The van der Waals surface area contributed by atoms with Gasteiger partial charge in [-0.25, -0.2) is 0 Å². The number of carbonyl (C=O) groups excluding carboxylic acids is 1. The lowest BCUT2D eigenvalue weighted by Gasteiger charge is -2.13. The molecule has 1 rings (SSSR count). The van der Waals surface area contributed by atoms with E-state index in [1.807, 2.05) is 0 Å². The molecule has 0 aliphatic carbocycles. The summed E-state index contributed by atoms with van der Waals surface area (Å²) in [5.74, 6) is -0.700. The Morgan fingerprint density at radius 2 is 1.90 bits per heavy atom. The summed E-state index contributed by atoms with van der Waals surface area (Å²) in [6.45, 7) is 3.84. The van der Waals surface area contributed by atoms with Crippen LogP contribution in [0.25, 0.3) is 0 Å². The summed E-state index contributed by atoms with van der Waals surface area (Å²) >= 11 is 0. The zero-order chi connectivity index (χ0) is 15.2. The molecule has 0 saturated heterocycles. The Labute approximate surface area is 114 Å². The van der Waals surface area contributed by atoms with Crippen LogP contribution >= 0.6 is 0 Å². The van der Waals surface area contributed by atoms with E-state index in [-0.39, 0.29) is 25.4 Å². The Kier molecular flexibility index (Phi) is 5.66. The molecule has 0 amide bonds. The zero-order valence-electron chi connectivity index (χ0n) is 11.1. The fourth-order valence-corrected chi connectivity index (χ4v) is 1.54. The number of esters is 1. The van der Waals surface area contributed by atoms with Gasteiger partial charge in [-0.1, -0.05) is 6.07 Å². The largest absolute Gasteiger partial charge is 0.573 e. The van der Waals surface area contributed by atoms with Crippen LogP contribution in [0.2, 0.25) is 0 Å². The molecular weight excluding hydrogens is 277 g/mol. The number of carbonyl (C=O) groups is 1. The van der Waals surface area contributed by atoms with Crippen molar-refractivity contribution in [3.63, 3.8) is 0 Å². The zero-order valence-corrected chi connectivity index (χ0v) is 11.1. The van der Waals surface area contributed by atoms with Gasteiger partial charge in [0.25, 0.3) is 0 Å². The molecule has 0 heterocycles. The summed E-state index contributed by atoms with van der Waals surface area (Å²) in [7, 11) is 0. The average Bonchev–Trinajstić information content (AvgIpc) is 2.31. The summed E-state index contributed by atoms with van der Waals surface area (Å²) in [6.07, 6.45) is -4.85. The van der Waals surface area contributed by atoms with Crippen molar-refractivity contribution in [2.24, 2.45) is 0 Å². The van der Waals surface area contributed by atoms with Gasteiger partial charge in [-0.2, -0.15) is 0 Å². The first-order chi connectivity index (χ1) is 9.35. The fourth-order valence-electron chi connectivity index (χ4n) is 1.54. The molecule has 0 fully saturated rings. The lowest BCUT2D eigenvalue weighted by atomic mass is 10.1. The Balaban J connectivity index is 2.92. The highest BCUT2D eigenvalue weighted by molar-refractivity contribution is 5.73. The van der Waals surface area contributed by atoms with Crippen LogP contribution in [-0.2, 0) is 16.0 Å². The van der Waals surface area contributed by atoms with Crippen molar-refractivity contribution in [3.8, 4) is 11.5 Å². The molecule has 20 heavy (non-hydrogen) atoms. The molecule has 1 aromatic carbocycles. The van der Waals surface area contributed by atoms with Gasteiger partial charge in [-0.05, 0) is 19.9 Å². The summed E-state index contributed by atoms with van der Waals surface area (Å²) < 4.78 is 50.2. The van der Waals surface area contributed by atoms with E-state index < -0.39 is 18.1 Å². The van der Waals surface area contributed by atoms with Crippen molar-refractivity contribution >= 4 is 5.97 Å². The predicted molar refractivity (Wildman–Crippen MR) is 64.6 cm³/mol. The van der Waals surface area contributed by atoms with Crippen molar-refractivity contribution < 1.29 is 32.2 Å². The van der Waals surface area contributed by atoms with Crippen LogP contribution in [0.5, 0.6) is 11.5 Å². The van der Waals surface area contributed by atoms with Crippen LogP contribution in [0.3, 0.4) is 0 Å². The third-order valence-electron chi connectivity index (χ3n) is 2.21. The number of benzene rings is 1. The standard InChI is InChI=1S/C13H15F3O4/c1-3-18-11-8-10(20-13(14,15)16)6-5-9(11)7-12(17)19-4-2/h5-6,8H,3-4,7H2,1-2H3. The van der Waals surface area contributed by atoms with E-state index >= 15 is 0 Å². The normalized spacial score (nSPS) is 11.1. The van der Waals surface area contributed by atoms with Gasteiger partial charge in [0.2, 0.25) is 0 Å². The van der Waals surface area contributed by atoms with E-state index in [4.69, 9.17) is 9.47 Å². The second-order valence-electron chi connectivity index (χ2n) is 3.73. The first-order valence-corrected chi connectivity index (χ1v) is 6.02. The highest BCUT2D eigenvalue weighted by atomic mass is 19.4. The molecule has 4 nitrogen and oxygen atoms in total. The third-order valence-corrected chi connectivity index (χ3v) is 2.21. The SMILES string of the molecule is CCOC(=O)Cc1ccc(OC(F)(F)F)cc1OCC. The van der Waals surface area contributed by atoms with Gasteiger partial charge in [0, 0.05) is 11.6 Å². The van der Waals surface area contributed by atoms with Crippen LogP contribution in [0.15, 0.2) is 18.2 Å². The first kappa shape index (κ1) is 16.1. The van der Waals surface area contributed by atoms with Gasteiger partial charge in [0.05, 0.1) is 19.6 Å². The monoisotopic (exact) mass is 292 g/mol. The van der Waals surface area contributed by atoms with Gasteiger partial charge in [0.15, 0.2) is 0 Å². The molecule has 0 atom stereocenters. The lowest BCUT2D eigenvalue weighted by molar-refractivity contribution is -0.274. The summed E-state index contributed by atoms with van der Waals surface area (Å²) in [4.78, 5) is 11.4. The van der Waals surface area contributed by atoms with E-state index in [1.54, 1.807) is 13.8 Å². The molecule has 1 aromatic rings. The Morgan fingerprint density at radius 1 is 1.20 bits per heavy atom. The lowest BCUT2D eigenvalue weighted by Crippen LogP contribution is -2.17. The molecule has 7 heteroatoms. The molecule has 0 saturated carbocycles. The maximum atomic E-state index is 12.1. The Morgan fingerprint density at radius 3 is 2.45 bits per heavy atom.